The first-order valence-electron chi connectivity index (χ1n) is 5.83. The van der Waals surface area contributed by atoms with Crippen LogP contribution >= 0.6 is 0 Å². The minimum atomic E-state index is -1.16. The van der Waals surface area contributed by atoms with Crippen molar-refractivity contribution in [3.05, 3.63) is 18.1 Å². The van der Waals surface area contributed by atoms with Crippen LogP contribution in [0.4, 0.5) is 5.82 Å². The average Bonchev–Trinajstić information content (AvgIpc) is 2.27. The molecule has 1 unspecified atom stereocenters. The number of aromatic carboxylic acids is 1. The number of rotatable bonds is 4. The lowest BCUT2D eigenvalue weighted by molar-refractivity contribution is -0.122. The van der Waals surface area contributed by atoms with Crippen molar-refractivity contribution in [2.75, 3.05) is 5.32 Å². The summed E-state index contributed by atoms with van der Waals surface area (Å²) in [6, 6.07) is -0.544. The quantitative estimate of drug-likeness (QED) is 0.747. The number of nitrogens with zero attached hydrogens (tertiary/aromatic N) is 2. The predicted molar refractivity (Wildman–Crippen MR) is 70.0 cm³/mol. The molecule has 1 rings (SSSR count). The van der Waals surface area contributed by atoms with Crippen LogP contribution in [0.1, 0.15) is 38.2 Å². The van der Waals surface area contributed by atoms with Crippen molar-refractivity contribution in [2.45, 2.75) is 39.3 Å². The maximum absolute atomic E-state index is 11.8. The molecule has 0 spiro atoms. The zero-order valence-corrected chi connectivity index (χ0v) is 11.4. The number of amides is 1. The maximum atomic E-state index is 11.8. The van der Waals surface area contributed by atoms with Gasteiger partial charge in [0.2, 0.25) is 5.91 Å². The monoisotopic (exact) mass is 266 g/mol. The number of carbonyl (C=O) groups excluding carboxylic acids is 1. The van der Waals surface area contributed by atoms with E-state index >= 15 is 0 Å². The molecule has 0 aromatic carbocycles. The van der Waals surface area contributed by atoms with Crippen LogP contribution in [0.3, 0.4) is 0 Å². The lowest BCUT2D eigenvalue weighted by atomic mass is 10.1. The van der Waals surface area contributed by atoms with Crippen molar-refractivity contribution in [1.29, 1.82) is 0 Å². The molecule has 0 saturated heterocycles. The standard InChI is InChI=1S/C12H18N4O3/c1-7(10(17)16-12(2,3)4)14-9-6-13-5-8(15-9)11(18)19/h5-7H,1-4H3,(H,14,15)(H,16,17)(H,18,19). The van der Waals surface area contributed by atoms with Crippen LogP contribution in [0, 0.1) is 0 Å². The van der Waals surface area contributed by atoms with Crippen molar-refractivity contribution in [3.8, 4) is 0 Å². The number of hydrogen-bond donors (Lipinski definition) is 3. The van der Waals surface area contributed by atoms with Gasteiger partial charge in [0.25, 0.3) is 0 Å². The van der Waals surface area contributed by atoms with E-state index in [4.69, 9.17) is 5.11 Å². The molecule has 0 aliphatic carbocycles. The van der Waals surface area contributed by atoms with Crippen LogP contribution in [0.2, 0.25) is 0 Å². The summed E-state index contributed by atoms with van der Waals surface area (Å²) in [5, 5.41) is 14.4. The summed E-state index contributed by atoms with van der Waals surface area (Å²) in [5.41, 5.74) is -0.504. The van der Waals surface area contributed by atoms with Crippen molar-refractivity contribution < 1.29 is 14.7 Å². The normalized spacial score (nSPS) is 12.6. The summed E-state index contributed by atoms with van der Waals surface area (Å²) in [4.78, 5) is 30.2. The SMILES string of the molecule is CC(Nc1cncc(C(=O)O)n1)C(=O)NC(C)(C)C. The third kappa shape index (κ3) is 4.90. The van der Waals surface area contributed by atoms with Crippen molar-refractivity contribution in [2.24, 2.45) is 0 Å². The van der Waals surface area contributed by atoms with E-state index in [0.717, 1.165) is 6.20 Å². The fraction of sp³-hybridized carbons (Fsp3) is 0.500. The summed E-state index contributed by atoms with van der Waals surface area (Å²) >= 11 is 0. The van der Waals surface area contributed by atoms with Gasteiger partial charge < -0.3 is 15.7 Å². The first kappa shape index (κ1) is 14.9. The molecule has 3 N–H and O–H groups in total. The highest BCUT2D eigenvalue weighted by molar-refractivity contribution is 5.86. The Morgan fingerprint density at radius 1 is 1.32 bits per heavy atom. The Labute approximate surface area is 111 Å². The molecule has 1 atom stereocenters. The molecule has 7 nitrogen and oxygen atoms in total. The highest BCUT2D eigenvalue weighted by atomic mass is 16.4. The van der Waals surface area contributed by atoms with Gasteiger partial charge in [0.15, 0.2) is 5.69 Å². The molecule has 0 aliphatic rings. The Hall–Kier alpha value is -2.18. The number of anilines is 1. The average molecular weight is 266 g/mol. The van der Waals surface area contributed by atoms with E-state index in [-0.39, 0.29) is 23.0 Å². The first-order valence-corrected chi connectivity index (χ1v) is 5.83. The van der Waals surface area contributed by atoms with E-state index < -0.39 is 12.0 Å². The molecule has 19 heavy (non-hydrogen) atoms. The third-order valence-corrected chi connectivity index (χ3v) is 2.11. The van der Waals surface area contributed by atoms with Crippen molar-refractivity contribution in [1.82, 2.24) is 15.3 Å². The Morgan fingerprint density at radius 3 is 2.47 bits per heavy atom. The van der Waals surface area contributed by atoms with E-state index in [9.17, 15) is 9.59 Å². The van der Waals surface area contributed by atoms with Crippen molar-refractivity contribution >= 4 is 17.7 Å². The van der Waals surface area contributed by atoms with Gasteiger partial charge in [0, 0.05) is 5.54 Å². The number of aromatic nitrogens is 2. The number of nitrogens with one attached hydrogen (secondary N) is 2. The van der Waals surface area contributed by atoms with E-state index in [0.29, 0.717) is 0 Å². The molecule has 1 amide bonds. The third-order valence-electron chi connectivity index (χ3n) is 2.11. The Morgan fingerprint density at radius 2 is 1.95 bits per heavy atom. The van der Waals surface area contributed by atoms with Gasteiger partial charge in [0.05, 0.1) is 12.4 Å². The molecule has 1 aromatic heterocycles. The smallest absolute Gasteiger partial charge is 0.356 e. The second-order valence-electron chi connectivity index (χ2n) is 5.20. The van der Waals surface area contributed by atoms with Crippen LogP contribution in [0.25, 0.3) is 0 Å². The molecule has 0 bridgehead atoms. The van der Waals surface area contributed by atoms with Gasteiger partial charge in [-0.2, -0.15) is 0 Å². The molecule has 1 aromatic rings. The molecular weight excluding hydrogens is 248 g/mol. The Kier molecular flexibility index (Phi) is 4.42. The molecular formula is C12H18N4O3. The zero-order chi connectivity index (χ0) is 14.6. The number of carboxylic acid groups (broad SMARTS) is 1. The van der Waals surface area contributed by atoms with E-state index in [1.165, 1.54) is 6.20 Å². The highest BCUT2D eigenvalue weighted by Crippen LogP contribution is 2.06. The Bertz CT molecular complexity index is 482. The first-order chi connectivity index (χ1) is 8.69. The molecule has 0 saturated carbocycles. The number of carboxylic acids is 1. The lowest BCUT2D eigenvalue weighted by Gasteiger charge is -2.23. The molecule has 0 radical (unpaired) electrons. The van der Waals surface area contributed by atoms with E-state index in [1.807, 2.05) is 20.8 Å². The van der Waals surface area contributed by atoms with Crippen molar-refractivity contribution in [3.63, 3.8) is 0 Å². The summed E-state index contributed by atoms with van der Waals surface area (Å²) in [6.07, 6.45) is 2.51. The van der Waals surface area contributed by atoms with Crippen LogP contribution in [-0.4, -0.2) is 38.5 Å². The second kappa shape index (κ2) is 5.64. The van der Waals surface area contributed by atoms with Gasteiger partial charge >= 0.3 is 5.97 Å². The van der Waals surface area contributed by atoms with Gasteiger partial charge in [-0.3, -0.25) is 9.78 Å². The number of carbonyl (C=O) groups is 2. The molecule has 0 aliphatic heterocycles. The van der Waals surface area contributed by atoms with E-state index in [1.54, 1.807) is 6.92 Å². The lowest BCUT2D eigenvalue weighted by Crippen LogP contribution is -2.47. The highest BCUT2D eigenvalue weighted by Gasteiger charge is 2.19. The second-order valence-corrected chi connectivity index (χ2v) is 5.20. The summed E-state index contributed by atoms with van der Waals surface area (Å²) in [6.45, 7) is 7.30. The summed E-state index contributed by atoms with van der Waals surface area (Å²) in [7, 11) is 0. The van der Waals surface area contributed by atoms with Gasteiger partial charge in [-0.15, -0.1) is 0 Å². The van der Waals surface area contributed by atoms with Crippen LogP contribution in [0.15, 0.2) is 12.4 Å². The zero-order valence-electron chi connectivity index (χ0n) is 11.4. The fourth-order valence-electron chi connectivity index (χ4n) is 1.30. The van der Waals surface area contributed by atoms with Crippen LogP contribution < -0.4 is 10.6 Å². The van der Waals surface area contributed by atoms with Gasteiger partial charge in [0.1, 0.15) is 11.9 Å². The molecule has 1 heterocycles. The van der Waals surface area contributed by atoms with E-state index in [2.05, 4.69) is 20.6 Å². The maximum Gasteiger partial charge on any atom is 0.356 e. The van der Waals surface area contributed by atoms with Gasteiger partial charge in [-0.1, -0.05) is 0 Å². The minimum Gasteiger partial charge on any atom is -0.476 e. The topological polar surface area (TPSA) is 104 Å². The van der Waals surface area contributed by atoms with Crippen LogP contribution in [0.5, 0.6) is 0 Å². The molecule has 7 heteroatoms. The molecule has 0 fully saturated rings. The summed E-state index contributed by atoms with van der Waals surface area (Å²) < 4.78 is 0. The number of hydrogen-bond acceptors (Lipinski definition) is 5. The summed E-state index contributed by atoms with van der Waals surface area (Å²) in [5.74, 6) is -1.12. The predicted octanol–water partition coefficient (Wildman–Crippen LogP) is 0.890. The molecule has 104 valence electrons. The minimum absolute atomic E-state index is 0.173. The van der Waals surface area contributed by atoms with Gasteiger partial charge in [-0.05, 0) is 27.7 Å². The Balaban J connectivity index is 2.71. The largest absolute Gasteiger partial charge is 0.476 e. The fourth-order valence-corrected chi connectivity index (χ4v) is 1.30. The van der Waals surface area contributed by atoms with Crippen LogP contribution in [-0.2, 0) is 4.79 Å². The van der Waals surface area contributed by atoms with Gasteiger partial charge in [-0.25, -0.2) is 9.78 Å².